The highest BCUT2D eigenvalue weighted by molar-refractivity contribution is 5.72. The molecule has 1 fully saturated rings. The summed E-state index contributed by atoms with van der Waals surface area (Å²) < 4.78 is 13.8. The number of rotatable bonds is 2. The van der Waals surface area contributed by atoms with E-state index in [9.17, 15) is 4.39 Å². The van der Waals surface area contributed by atoms with Crippen LogP contribution in [0.5, 0.6) is 0 Å². The van der Waals surface area contributed by atoms with Gasteiger partial charge in [-0.3, -0.25) is 0 Å². The summed E-state index contributed by atoms with van der Waals surface area (Å²) in [5.74, 6) is -0.0507. The molecule has 0 unspecified atom stereocenters. The van der Waals surface area contributed by atoms with Gasteiger partial charge in [-0.05, 0) is 74.0 Å². The Balaban J connectivity index is 1.77. The SMILES string of the molecule is CCc1ccc(C2=CC3(CCN(C)CC3)C2)cc1F. The topological polar surface area (TPSA) is 3.24 Å². The monoisotopic (exact) mass is 259 g/mol. The van der Waals surface area contributed by atoms with Crippen LogP contribution in [0.3, 0.4) is 0 Å². The van der Waals surface area contributed by atoms with Gasteiger partial charge in [0.1, 0.15) is 5.82 Å². The smallest absolute Gasteiger partial charge is 0.126 e. The lowest BCUT2D eigenvalue weighted by molar-refractivity contribution is 0.157. The van der Waals surface area contributed by atoms with Crippen LogP contribution < -0.4 is 0 Å². The second-order valence-electron chi connectivity index (χ2n) is 6.17. The summed E-state index contributed by atoms with van der Waals surface area (Å²) in [4.78, 5) is 2.40. The van der Waals surface area contributed by atoms with Gasteiger partial charge >= 0.3 is 0 Å². The third-order valence-corrected chi connectivity index (χ3v) is 4.81. The Hall–Kier alpha value is -1.15. The highest BCUT2D eigenvalue weighted by atomic mass is 19.1. The summed E-state index contributed by atoms with van der Waals surface area (Å²) in [5.41, 5.74) is 3.66. The minimum atomic E-state index is -0.0507. The van der Waals surface area contributed by atoms with Crippen molar-refractivity contribution in [2.45, 2.75) is 32.6 Å². The van der Waals surface area contributed by atoms with Gasteiger partial charge in [0.2, 0.25) is 0 Å². The summed E-state index contributed by atoms with van der Waals surface area (Å²) in [7, 11) is 2.19. The number of likely N-dealkylation sites (tertiary alicyclic amines) is 1. The molecule has 1 saturated heterocycles. The van der Waals surface area contributed by atoms with Gasteiger partial charge in [-0.2, -0.15) is 0 Å². The third kappa shape index (κ3) is 2.34. The van der Waals surface area contributed by atoms with Crippen molar-refractivity contribution in [3.63, 3.8) is 0 Å². The Morgan fingerprint density at radius 1 is 1.26 bits per heavy atom. The fraction of sp³-hybridized carbons (Fsp3) is 0.529. The molecule has 3 rings (SSSR count). The van der Waals surface area contributed by atoms with Crippen LogP contribution in [-0.4, -0.2) is 25.0 Å². The van der Waals surface area contributed by atoms with E-state index in [-0.39, 0.29) is 5.82 Å². The quantitative estimate of drug-likeness (QED) is 0.779. The Morgan fingerprint density at radius 3 is 2.53 bits per heavy atom. The Kier molecular flexibility index (Phi) is 3.22. The predicted octanol–water partition coefficient (Wildman–Crippen LogP) is 3.89. The van der Waals surface area contributed by atoms with E-state index in [4.69, 9.17) is 0 Å². The van der Waals surface area contributed by atoms with Crippen LogP contribution in [0, 0.1) is 11.2 Å². The first-order valence-corrected chi connectivity index (χ1v) is 7.31. The summed E-state index contributed by atoms with van der Waals surface area (Å²) in [6, 6.07) is 5.73. The van der Waals surface area contributed by atoms with Crippen molar-refractivity contribution < 1.29 is 4.39 Å². The first kappa shape index (κ1) is 12.9. The molecule has 0 radical (unpaired) electrons. The molecule has 1 spiro atoms. The number of hydrogen-bond acceptors (Lipinski definition) is 1. The molecule has 0 amide bonds. The molecular weight excluding hydrogens is 237 g/mol. The van der Waals surface area contributed by atoms with E-state index in [1.807, 2.05) is 13.0 Å². The molecule has 1 aromatic carbocycles. The number of nitrogens with zero attached hydrogens (tertiary/aromatic N) is 1. The molecule has 2 aliphatic rings. The van der Waals surface area contributed by atoms with Gasteiger partial charge < -0.3 is 4.90 Å². The third-order valence-electron chi connectivity index (χ3n) is 4.81. The van der Waals surface area contributed by atoms with Crippen molar-refractivity contribution in [3.8, 4) is 0 Å². The van der Waals surface area contributed by atoms with Gasteiger partial charge in [0, 0.05) is 0 Å². The lowest BCUT2D eigenvalue weighted by atomic mass is 9.64. The number of benzene rings is 1. The van der Waals surface area contributed by atoms with E-state index >= 15 is 0 Å². The largest absolute Gasteiger partial charge is 0.306 e. The van der Waals surface area contributed by atoms with Crippen LogP contribution >= 0.6 is 0 Å². The van der Waals surface area contributed by atoms with E-state index in [0.717, 1.165) is 24.0 Å². The molecule has 0 bridgehead atoms. The van der Waals surface area contributed by atoms with E-state index in [2.05, 4.69) is 24.1 Å². The molecule has 1 aliphatic heterocycles. The molecule has 1 aromatic rings. The number of hydrogen-bond donors (Lipinski definition) is 0. The van der Waals surface area contributed by atoms with Gasteiger partial charge in [-0.1, -0.05) is 25.1 Å². The van der Waals surface area contributed by atoms with Gasteiger partial charge in [0.15, 0.2) is 0 Å². The molecule has 1 aliphatic carbocycles. The normalized spacial score (nSPS) is 22.2. The van der Waals surface area contributed by atoms with Crippen molar-refractivity contribution in [3.05, 3.63) is 41.2 Å². The van der Waals surface area contributed by atoms with Crippen molar-refractivity contribution in [1.29, 1.82) is 0 Å². The molecule has 19 heavy (non-hydrogen) atoms. The Morgan fingerprint density at radius 2 is 1.95 bits per heavy atom. The summed E-state index contributed by atoms with van der Waals surface area (Å²) in [6.07, 6.45) is 6.80. The minimum absolute atomic E-state index is 0.0507. The molecule has 1 nitrogen and oxygen atoms in total. The van der Waals surface area contributed by atoms with Gasteiger partial charge in [-0.25, -0.2) is 4.39 Å². The Labute approximate surface area is 115 Å². The Bertz CT molecular complexity index is 510. The zero-order valence-electron chi connectivity index (χ0n) is 11.9. The standard InChI is InChI=1S/C17H22FN/c1-3-13-4-5-14(10-16(13)18)15-11-17(12-15)6-8-19(2)9-7-17/h4-5,10-11H,3,6-9,12H2,1-2H3. The van der Waals surface area contributed by atoms with Crippen LogP contribution in [-0.2, 0) is 6.42 Å². The average Bonchev–Trinajstić information content (AvgIpc) is 2.37. The lowest BCUT2D eigenvalue weighted by Crippen LogP contribution is -2.40. The van der Waals surface area contributed by atoms with E-state index in [0.29, 0.717) is 5.41 Å². The van der Waals surface area contributed by atoms with Crippen molar-refractivity contribution in [2.75, 3.05) is 20.1 Å². The molecule has 102 valence electrons. The fourth-order valence-corrected chi connectivity index (χ4v) is 3.32. The summed E-state index contributed by atoms with van der Waals surface area (Å²) in [6.45, 7) is 4.37. The molecule has 0 aromatic heterocycles. The van der Waals surface area contributed by atoms with E-state index < -0.39 is 0 Å². The maximum Gasteiger partial charge on any atom is 0.126 e. The number of piperidine rings is 1. The zero-order valence-corrected chi connectivity index (χ0v) is 11.9. The van der Waals surface area contributed by atoms with Gasteiger partial charge in [0.05, 0.1) is 0 Å². The van der Waals surface area contributed by atoms with Crippen LogP contribution in [0.1, 0.15) is 37.3 Å². The average molecular weight is 259 g/mol. The molecule has 0 atom stereocenters. The van der Waals surface area contributed by atoms with E-state index in [1.165, 1.54) is 31.5 Å². The molecule has 1 heterocycles. The minimum Gasteiger partial charge on any atom is -0.306 e. The van der Waals surface area contributed by atoms with Gasteiger partial charge in [0.25, 0.3) is 0 Å². The van der Waals surface area contributed by atoms with Crippen LogP contribution in [0.4, 0.5) is 4.39 Å². The van der Waals surface area contributed by atoms with E-state index in [1.54, 1.807) is 6.07 Å². The van der Waals surface area contributed by atoms with Crippen LogP contribution in [0.15, 0.2) is 24.3 Å². The molecular formula is C17H22FN. The summed E-state index contributed by atoms with van der Waals surface area (Å²) in [5, 5.41) is 0. The highest BCUT2D eigenvalue weighted by Gasteiger charge is 2.39. The number of allylic oxidation sites excluding steroid dienone is 2. The fourth-order valence-electron chi connectivity index (χ4n) is 3.32. The van der Waals surface area contributed by atoms with Crippen LogP contribution in [0.25, 0.3) is 5.57 Å². The first-order valence-electron chi connectivity index (χ1n) is 7.31. The molecule has 0 saturated carbocycles. The van der Waals surface area contributed by atoms with Crippen LogP contribution in [0.2, 0.25) is 0 Å². The second kappa shape index (κ2) is 4.75. The first-order chi connectivity index (χ1) is 9.12. The second-order valence-corrected chi connectivity index (χ2v) is 6.17. The molecule has 0 N–H and O–H groups in total. The maximum absolute atomic E-state index is 13.8. The lowest BCUT2D eigenvalue weighted by Gasteiger charge is -2.45. The number of aryl methyl sites for hydroxylation is 1. The predicted molar refractivity (Wildman–Crippen MR) is 77.5 cm³/mol. The van der Waals surface area contributed by atoms with Crippen molar-refractivity contribution >= 4 is 5.57 Å². The highest BCUT2D eigenvalue weighted by Crippen LogP contribution is 2.50. The van der Waals surface area contributed by atoms with Gasteiger partial charge in [-0.15, -0.1) is 0 Å². The zero-order chi connectivity index (χ0) is 13.5. The molecule has 2 heteroatoms. The van der Waals surface area contributed by atoms with Crippen molar-refractivity contribution in [2.24, 2.45) is 5.41 Å². The number of halogens is 1. The van der Waals surface area contributed by atoms with Crippen molar-refractivity contribution in [1.82, 2.24) is 4.90 Å². The maximum atomic E-state index is 13.8. The summed E-state index contributed by atoms with van der Waals surface area (Å²) >= 11 is 0.